The quantitative estimate of drug-likeness (QED) is 0.841. The Labute approximate surface area is 105 Å². The fourth-order valence-corrected chi connectivity index (χ4v) is 1.60. The Balaban J connectivity index is 2.38. The van der Waals surface area contributed by atoms with Crippen molar-refractivity contribution in [3.8, 4) is 11.5 Å². The van der Waals surface area contributed by atoms with Crippen molar-refractivity contribution in [1.82, 2.24) is 4.98 Å². The van der Waals surface area contributed by atoms with Gasteiger partial charge in [0.2, 0.25) is 11.8 Å². The molecule has 0 aliphatic heterocycles. The molecule has 1 heterocycles. The maximum absolute atomic E-state index is 11.2. The summed E-state index contributed by atoms with van der Waals surface area (Å²) in [6.45, 7) is 7.25. The largest absolute Gasteiger partial charge is 0.444 e. The van der Waals surface area contributed by atoms with Gasteiger partial charge in [-0.2, -0.15) is 0 Å². The van der Waals surface area contributed by atoms with E-state index in [1.165, 1.54) is 6.08 Å². The van der Waals surface area contributed by atoms with Crippen LogP contribution in [0, 0.1) is 13.8 Å². The van der Waals surface area contributed by atoms with Gasteiger partial charge in [0, 0.05) is 11.3 Å². The third kappa shape index (κ3) is 2.48. The van der Waals surface area contributed by atoms with Gasteiger partial charge in [-0.25, -0.2) is 4.98 Å². The van der Waals surface area contributed by atoms with Crippen LogP contribution in [-0.4, -0.2) is 10.9 Å². The first-order chi connectivity index (χ1) is 8.60. The van der Waals surface area contributed by atoms with Gasteiger partial charge in [-0.3, -0.25) is 4.79 Å². The number of nitrogens with zero attached hydrogens (tertiary/aromatic N) is 1. The van der Waals surface area contributed by atoms with Crippen molar-refractivity contribution >= 4 is 11.6 Å². The van der Waals surface area contributed by atoms with E-state index in [-0.39, 0.29) is 5.91 Å². The van der Waals surface area contributed by atoms with Crippen molar-refractivity contribution < 1.29 is 9.21 Å². The molecule has 2 rings (SSSR count). The number of oxazole rings is 1. The molecule has 0 saturated heterocycles. The first kappa shape index (κ1) is 12.1. The Morgan fingerprint density at radius 2 is 2.22 bits per heavy atom. The Morgan fingerprint density at radius 3 is 2.83 bits per heavy atom. The first-order valence-corrected chi connectivity index (χ1v) is 5.56. The number of benzene rings is 1. The minimum Gasteiger partial charge on any atom is -0.444 e. The minimum atomic E-state index is -0.242. The molecule has 1 amide bonds. The van der Waals surface area contributed by atoms with Crippen molar-refractivity contribution in [2.24, 2.45) is 0 Å². The predicted octanol–water partition coefficient (Wildman–Crippen LogP) is 3.08. The molecule has 0 fully saturated rings. The lowest BCUT2D eigenvalue weighted by Gasteiger charge is -2.06. The highest BCUT2D eigenvalue weighted by Crippen LogP contribution is 2.25. The highest BCUT2D eigenvalue weighted by molar-refractivity contribution is 5.99. The molecule has 0 aliphatic carbocycles. The summed E-state index contributed by atoms with van der Waals surface area (Å²) in [6.07, 6.45) is 2.83. The molecular formula is C14H14N2O2. The number of anilines is 1. The standard InChI is InChI=1S/C14H14N2O2/c1-4-13(17)16-11-6-5-9(2)12(7-11)14-15-10(3)8-18-14/h4-8H,1H2,2-3H3,(H,16,17). The summed E-state index contributed by atoms with van der Waals surface area (Å²) in [6, 6.07) is 5.58. The molecule has 0 unspecified atom stereocenters. The number of amides is 1. The van der Waals surface area contributed by atoms with Crippen LogP contribution < -0.4 is 5.32 Å². The molecule has 1 aromatic carbocycles. The lowest BCUT2D eigenvalue weighted by atomic mass is 10.1. The first-order valence-electron chi connectivity index (χ1n) is 5.56. The van der Waals surface area contributed by atoms with Crippen molar-refractivity contribution in [2.45, 2.75) is 13.8 Å². The summed E-state index contributed by atoms with van der Waals surface area (Å²) in [5, 5.41) is 2.71. The molecule has 92 valence electrons. The average molecular weight is 242 g/mol. The van der Waals surface area contributed by atoms with Crippen LogP contribution in [0.5, 0.6) is 0 Å². The number of rotatable bonds is 3. The van der Waals surface area contributed by atoms with Crippen molar-refractivity contribution in [3.63, 3.8) is 0 Å². The topological polar surface area (TPSA) is 55.1 Å². The van der Waals surface area contributed by atoms with E-state index in [0.717, 1.165) is 16.8 Å². The van der Waals surface area contributed by atoms with Gasteiger partial charge in [-0.15, -0.1) is 0 Å². The van der Waals surface area contributed by atoms with Crippen molar-refractivity contribution in [1.29, 1.82) is 0 Å². The summed E-state index contributed by atoms with van der Waals surface area (Å²) in [7, 11) is 0. The van der Waals surface area contributed by atoms with E-state index in [4.69, 9.17) is 4.42 Å². The van der Waals surface area contributed by atoms with E-state index in [1.807, 2.05) is 32.0 Å². The molecule has 0 saturated carbocycles. The number of aromatic nitrogens is 1. The number of carbonyl (C=O) groups is 1. The summed E-state index contributed by atoms with van der Waals surface area (Å²) in [4.78, 5) is 15.5. The second kappa shape index (κ2) is 4.87. The van der Waals surface area contributed by atoms with E-state index >= 15 is 0 Å². The molecular weight excluding hydrogens is 228 g/mol. The number of nitrogens with one attached hydrogen (secondary N) is 1. The lowest BCUT2D eigenvalue weighted by molar-refractivity contribution is -0.111. The summed E-state index contributed by atoms with van der Waals surface area (Å²) >= 11 is 0. The van der Waals surface area contributed by atoms with E-state index in [1.54, 1.807) is 6.26 Å². The molecule has 0 aliphatic rings. The Bertz CT molecular complexity index is 600. The molecule has 18 heavy (non-hydrogen) atoms. The van der Waals surface area contributed by atoms with E-state index in [2.05, 4.69) is 16.9 Å². The van der Waals surface area contributed by atoms with Gasteiger partial charge in [0.1, 0.15) is 6.26 Å². The lowest BCUT2D eigenvalue weighted by Crippen LogP contribution is -2.07. The zero-order chi connectivity index (χ0) is 13.1. The van der Waals surface area contributed by atoms with Crippen LogP contribution >= 0.6 is 0 Å². The molecule has 4 nitrogen and oxygen atoms in total. The molecule has 2 aromatic rings. The monoisotopic (exact) mass is 242 g/mol. The van der Waals surface area contributed by atoms with E-state index < -0.39 is 0 Å². The highest BCUT2D eigenvalue weighted by atomic mass is 16.3. The third-order valence-electron chi connectivity index (χ3n) is 2.54. The van der Waals surface area contributed by atoms with Crippen LogP contribution in [0.2, 0.25) is 0 Å². The molecule has 1 aromatic heterocycles. The van der Waals surface area contributed by atoms with Gasteiger partial charge < -0.3 is 9.73 Å². The van der Waals surface area contributed by atoms with Gasteiger partial charge >= 0.3 is 0 Å². The van der Waals surface area contributed by atoms with Gasteiger partial charge in [0.15, 0.2) is 0 Å². The maximum Gasteiger partial charge on any atom is 0.247 e. The molecule has 0 bridgehead atoms. The fraction of sp³-hybridized carbons (Fsp3) is 0.143. The minimum absolute atomic E-state index is 0.242. The normalized spacial score (nSPS) is 10.1. The van der Waals surface area contributed by atoms with Crippen LogP contribution in [0.25, 0.3) is 11.5 Å². The van der Waals surface area contributed by atoms with Gasteiger partial charge in [-0.1, -0.05) is 12.6 Å². The third-order valence-corrected chi connectivity index (χ3v) is 2.54. The Kier molecular flexibility index (Phi) is 3.28. The van der Waals surface area contributed by atoms with Gasteiger partial charge in [0.25, 0.3) is 0 Å². The Morgan fingerprint density at radius 1 is 1.44 bits per heavy atom. The van der Waals surface area contributed by atoms with E-state index in [0.29, 0.717) is 11.6 Å². The van der Waals surface area contributed by atoms with E-state index in [9.17, 15) is 4.79 Å². The van der Waals surface area contributed by atoms with Crippen LogP contribution in [0.15, 0.2) is 41.5 Å². The van der Waals surface area contributed by atoms with Crippen LogP contribution in [0.3, 0.4) is 0 Å². The summed E-state index contributed by atoms with van der Waals surface area (Å²) in [5.41, 5.74) is 3.42. The molecule has 4 heteroatoms. The molecule has 1 N–H and O–H groups in total. The van der Waals surface area contributed by atoms with Crippen LogP contribution in [0.1, 0.15) is 11.3 Å². The fourth-order valence-electron chi connectivity index (χ4n) is 1.60. The summed E-state index contributed by atoms with van der Waals surface area (Å²) < 4.78 is 5.37. The SMILES string of the molecule is C=CC(=O)Nc1ccc(C)c(-c2nc(C)co2)c1. The molecule has 0 radical (unpaired) electrons. The summed E-state index contributed by atoms with van der Waals surface area (Å²) in [5.74, 6) is 0.313. The predicted molar refractivity (Wildman–Crippen MR) is 70.2 cm³/mol. The zero-order valence-electron chi connectivity index (χ0n) is 10.4. The number of hydrogen-bond donors (Lipinski definition) is 1. The molecule has 0 spiro atoms. The smallest absolute Gasteiger partial charge is 0.247 e. The van der Waals surface area contributed by atoms with Crippen LogP contribution in [-0.2, 0) is 4.79 Å². The molecule has 0 atom stereocenters. The van der Waals surface area contributed by atoms with Crippen molar-refractivity contribution in [2.75, 3.05) is 5.32 Å². The van der Waals surface area contributed by atoms with Gasteiger partial charge in [-0.05, 0) is 37.6 Å². The van der Waals surface area contributed by atoms with Crippen molar-refractivity contribution in [3.05, 3.63) is 48.4 Å². The second-order valence-electron chi connectivity index (χ2n) is 4.02. The maximum atomic E-state index is 11.2. The zero-order valence-corrected chi connectivity index (χ0v) is 10.4. The average Bonchev–Trinajstić information content (AvgIpc) is 2.78. The van der Waals surface area contributed by atoms with Gasteiger partial charge in [0.05, 0.1) is 5.69 Å². The second-order valence-corrected chi connectivity index (χ2v) is 4.02. The number of hydrogen-bond acceptors (Lipinski definition) is 3. The van der Waals surface area contributed by atoms with Crippen LogP contribution in [0.4, 0.5) is 5.69 Å². The number of aryl methyl sites for hydroxylation is 2. The number of carbonyl (C=O) groups excluding carboxylic acids is 1. The highest BCUT2D eigenvalue weighted by Gasteiger charge is 2.09. The Hall–Kier alpha value is -2.36.